The van der Waals surface area contributed by atoms with Crippen molar-refractivity contribution in [3.05, 3.63) is 24.3 Å². The number of halogens is 3. The largest absolute Gasteiger partial charge is 0.573 e. The molecule has 0 saturated heterocycles. The average molecular weight is 229 g/mol. The van der Waals surface area contributed by atoms with E-state index in [1.165, 1.54) is 12.1 Å². The van der Waals surface area contributed by atoms with E-state index < -0.39 is 6.36 Å². The van der Waals surface area contributed by atoms with Crippen LogP contribution in [-0.2, 0) is 0 Å². The number of benzene rings is 1. The monoisotopic (exact) mass is 229 g/mol. The van der Waals surface area contributed by atoms with E-state index in [9.17, 15) is 13.2 Å². The molecular weight excluding hydrogens is 223 g/mol. The molecule has 1 aromatic carbocycles. The van der Waals surface area contributed by atoms with E-state index in [1.54, 1.807) is 6.07 Å². The van der Waals surface area contributed by atoms with Gasteiger partial charge in [-0.2, -0.15) is 10.4 Å². The van der Waals surface area contributed by atoms with Crippen molar-refractivity contribution in [2.75, 3.05) is 5.43 Å². The van der Waals surface area contributed by atoms with Gasteiger partial charge in [0.15, 0.2) is 0 Å². The minimum atomic E-state index is -4.73. The van der Waals surface area contributed by atoms with Crippen molar-refractivity contribution in [3.63, 3.8) is 0 Å². The summed E-state index contributed by atoms with van der Waals surface area (Å²) < 4.78 is 39.3. The van der Waals surface area contributed by atoms with Crippen LogP contribution in [0.25, 0.3) is 0 Å². The van der Waals surface area contributed by atoms with Crippen LogP contribution in [0.2, 0.25) is 0 Å². The summed E-state index contributed by atoms with van der Waals surface area (Å²) in [5.41, 5.74) is 2.66. The minimum Gasteiger partial charge on any atom is -0.406 e. The molecular formula is C9H6F3N3O. The molecule has 0 heterocycles. The molecule has 0 aliphatic rings. The molecule has 1 rings (SSSR count). The standard InChI is InChI=1S/C9H6F3N3O/c10-9(11,12)16-8-3-1-2-7(6-8)15-14-5-4-13/h1-3,5-6,15H/b14-5+. The molecule has 0 aliphatic carbocycles. The summed E-state index contributed by atoms with van der Waals surface area (Å²) in [5.74, 6) is -0.357. The lowest BCUT2D eigenvalue weighted by molar-refractivity contribution is -0.274. The number of anilines is 1. The van der Waals surface area contributed by atoms with Crippen LogP contribution in [0.5, 0.6) is 5.75 Å². The van der Waals surface area contributed by atoms with Crippen LogP contribution in [-0.4, -0.2) is 12.6 Å². The van der Waals surface area contributed by atoms with Gasteiger partial charge in [0.1, 0.15) is 18.0 Å². The van der Waals surface area contributed by atoms with Gasteiger partial charge in [0, 0.05) is 6.07 Å². The van der Waals surface area contributed by atoms with Crippen molar-refractivity contribution in [1.82, 2.24) is 0 Å². The molecule has 0 spiro atoms. The first kappa shape index (κ1) is 11.8. The van der Waals surface area contributed by atoms with Crippen molar-refractivity contribution in [2.24, 2.45) is 5.10 Å². The van der Waals surface area contributed by atoms with E-state index >= 15 is 0 Å². The number of ether oxygens (including phenoxy) is 1. The maximum Gasteiger partial charge on any atom is 0.573 e. The highest BCUT2D eigenvalue weighted by Crippen LogP contribution is 2.24. The van der Waals surface area contributed by atoms with Gasteiger partial charge in [-0.25, -0.2) is 0 Å². The molecule has 16 heavy (non-hydrogen) atoms. The molecule has 0 saturated carbocycles. The Morgan fingerprint density at radius 3 is 2.81 bits per heavy atom. The number of nitrogens with one attached hydrogen (secondary N) is 1. The Balaban J connectivity index is 2.72. The molecule has 0 unspecified atom stereocenters. The molecule has 0 aromatic heterocycles. The number of nitrogens with zero attached hydrogens (tertiary/aromatic N) is 2. The number of hydrogen-bond acceptors (Lipinski definition) is 4. The molecule has 0 atom stereocenters. The highest BCUT2D eigenvalue weighted by atomic mass is 19.4. The highest BCUT2D eigenvalue weighted by molar-refractivity contribution is 5.75. The molecule has 84 valence electrons. The zero-order chi connectivity index (χ0) is 12.0. The Morgan fingerprint density at radius 1 is 1.44 bits per heavy atom. The van der Waals surface area contributed by atoms with E-state index in [1.807, 2.05) is 0 Å². The maximum atomic E-state index is 11.9. The van der Waals surface area contributed by atoms with Crippen molar-refractivity contribution in [2.45, 2.75) is 6.36 Å². The zero-order valence-corrected chi connectivity index (χ0v) is 7.82. The maximum absolute atomic E-state index is 11.9. The van der Waals surface area contributed by atoms with Gasteiger partial charge in [-0.1, -0.05) is 6.07 Å². The number of nitriles is 1. The first-order valence-electron chi connectivity index (χ1n) is 4.04. The van der Waals surface area contributed by atoms with Gasteiger partial charge in [0.05, 0.1) is 5.69 Å². The van der Waals surface area contributed by atoms with Crippen LogP contribution >= 0.6 is 0 Å². The fraction of sp³-hybridized carbons (Fsp3) is 0.111. The van der Waals surface area contributed by atoms with E-state index in [4.69, 9.17) is 5.26 Å². The Hall–Kier alpha value is -2.23. The second-order valence-electron chi connectivity index (χ2n) is 2.57. The van der Waals surface area contributed by atoms with Gasteiger partial charge in [-0.3, -0.25) is 5.43 Å². The summed E-state index contributed by atoms with van der Waals surface area (Å²) in [6.07, 6.45) is -3.81. The Bertz CT molecular complexity index is 423. The molecule has 0 radical (unpaired) electrons. The van der Waals surface area contributed by atoms with E-state index in [-0.39, 0.29) is 11.4 Å². The van der Waals surface area contributed by atoms with E-state index in [2.05, 4.69) is 15.3 Å². The van der Waals surface area contributed by atoms with Gasteiger partial charge < -0.3 is 4.74 Å². The molecule has 0 fully saturated rings. The fourth-order valence-electron chi connectivity index (χ4n) is 0.898. The first-order valence-corrected chi connectivity index (χ1v) is 4.04. The molecule has 1 N–H and O–H groups in total. The summed E-state index contributed by atoms with van der Waals surface area (Å²) >= 11 is 0. The molecule has 4 nitrogen and oxygen atoms in total. The lowest BCUT2D eigenvalue weighted by Gasteiger charge is -2.09. The Labute approximate surface area is 88.9 Å². The normalized spacial score (nSPS) is 11.1. The molecule has 1 aromatic rings. The Morgan fingerprint density at radius 2 is 2.19 bits per heavy atom. The quantitative estimate of drug-likeness (QED) is 0.639. The van der Waals surface area contributed by atoms with Gasteiger partial charge in [0.25, 0.3) is 0 Å². The van der Waals surface area contributed by atoms with Gasteiger partial charge in [0.2, 0.25) is 0 Å². The smallest absolute Gasteiger partial charge is 0.406 e. The van der Waals surface area contributed by atoms with Gasteiger partial charge >= 0.3 is 6.36 Å². The number of alkyl halides is 3. The summed E-state index contributed by atoms with van der Waals surface area (Å²) in [5, 5.41) is 11.6. The summed E-state index contributed by atoms with van der Waals surface area (Å²) in [6, 6.07) is 6.75. The zero-order valence-electron chi connectivity index (χ0n) is 7.82. The number of hydrogen-bond donors (Lipinski definition) is 1. The predicted octanol–water partition coefficient (Wildman–Crippen LogP) is 2.51. The summed E-state index contributed by atoms with van der Waals surface area (Å²) in [4.78, 5) is 0. The number of hydrazone groups is 1. The molecule has 0 amide bonds. The van der Waals surface area contributed by atoms with Gasteiger partial charge in [-0.05, 0) is 12.1 Å². The fourth-order valence-corrected chi connectivity index (χ4v) is 0.898. The minimum absolute atomic E-state index is 0.285. The predicted molar refractivity (Wildman–Crippen MR) is 50.9 cm³/mol. The van der Waals surface area contributed by atoms with Crippen molar-refractivity contribution in [3.8, 4) is 11.8 Å². The number of rotatable bonds is 3. The van der Waals surface area contributed by atoms with Crippen LogP contribution in [0.15, 0.2) is 29.4 Å². The van der Waals surface area contributed by atoms with E-state index in [0.717, 1.165) is 18.3 Å². The van der Waals surface area contributed by atoms with Crippen molar-refractivity contribution in [1.29, 1.82) is 5.26 Å². The van der Waals surface area contributed by atoms with Crippen LogP contribution in [0.3, 0.4) is 0 Å². The third kappa shape index (κ3) is 4.32. The average Bonchev–Trinajstić information content (AvgIpc) is 2.16. The van der Waals surface area contributed by atoms with Crippen LogP contribution in [0.1, 0.15) is 0 Å². The molecule has 7 heteroatoms. The van der Waals surface area contributed by atoms with Gasteiger partial charge in [-0.15, -0.1) is 13.2 Å². The van der Waals surface area contributed by atoms with Crippen LogP contribution in [0.4, 0.5) is 18.9 Å². The van der Waals surface area contributed by atoms with Crippen LogP contribution in [0, 0.1) is 11.3 Å². The lowest BCUT2D eigenvalue weighted by Crippen LogP contribution is -2.17. The lowest BCUT2D eigenvalue weighted by atomic mass is 10.3. The topological polar surface area (TPSA) is 57.4 Å². The molecule has 0 aliphatic heterocycles. The van der Waals surface area contributed by atoms with Crippen molar-refractivity contribution < 1.29 is 17.9 Å². The second kappa shape index (κ2) is 5.02. The third-order valence-electron chi connectivity index (χ3n) is 1.38. The highest BCUT2D eigenvalue weighted by Gasteiger charge is 2.31. The second-order valence-corrected chi connectivity index (χ2v) is 2.57. The SMILES string of the molecule is N#C/C=N/Nc1cccc(OC(F)(F)F)c1. The summed E-state index contributed by atoms with van der Waals surface area (Å²) in [7, 11) is 0. The first-order chi connectivity index (χ1) is 7.51. The summed E-state index contributed by atoms with van der Waals surface area (Å²) in [6.45, 7) is 0. The van der Waals surface area contributed by atoms with Crippen LogP contribution < -0.4 is 10.2 Å². The van der Waals surface area contributed by atoms with E-state index in [0.29, 0.717) is 0 Å². The van der Waals surface area contributed by atoms with Crippen molar-refractivity contribution >= 4 is 11.9 Å². The third-order valence-corrected chi connectivity index (χ3v) is 1.38. The Kier molecular flexibility index (Phi) is 3.72. The molecule has 0 bridgehead atoms.